The Hall–Kier alpha value is -1.65. The Morgan fingerprint density at radius 2 is 2.26 bits per heavy atom. The minimum Gasteiger partial charge on any atom is -0.311 e. The Morgan fingerprint density at radius 1 is 1.37 bits per heavy atom. The van der Waals surface area contributed by atoms with Crippen LogP contribution in [0.5, 0.6) is 0 Å². The SMILES string of the molecule is O=c1[nH]c(Cc2cccc(Cl)c2)nc2c1CCNC2. The second kappa shape index (κ2) is 5.15. The molecule has 19 heavy (non-hydrogen) atoms. The van der Waals surface area contributed by atoms with Gasteiger partial charge in [-0.15, -0.1) is 0 Å². The molecule has 0 spiro atoms. The lowest BCUT2D eigenvalue weighted by molar-refractivity contribution is 0.613. The molecule has 0 aliphatic carbocycles. The van der Waals surface area contributed by atoms with E-state index in [1.807, 2.05) is 24.3 Å². The van der Waals surface area contributed by atoms with Gasteiger partial charge in [0.15, 0.2) is 0 Å². The van der Waals surface area contributed by atoms with Gasteiger partial charge in [-0.25, -0.2) is 4.98 Å². The maximum absolute atomic E-state index is 12.0. The van der Waals surface area contributed by atoms with Gasteiger partial charge < -0.3 is 10.3 Å². The number of nitrogens with one attached hydrogen (secondary N) is 2. The molecule has 1 aromatic carbocycles. The third-order valence-corrected chi connectivity index (χ3v) is 3.49. The Balaban J connectivity index is 1.94. The van der Waals surface area contributed by atoms with Crippen molar-refractivity contribution in [3.05, 3.63) is 62.3 Å². The van der Waals surface area contributed by atoms with Crippen molar-refractivity contribution < 1.29 is 0 Å². The third kappa shape index (κ3) is 2.69. The summed E-state index contributed by atoms with van der Waals surface area (Å²) in [6.45, 7) is 1.51. The molecule has 0 amide bonds. The van der Waals surface area contributed by atoms with Crippen LogP contribution in [0, 0.1) is 0 Å². The molecule has 0 unspecified atom stereocenters. The van der Waals surface area contributed by atoms with Crippen molar-refractivity contribution in [2.24, 2.45) is 0 Å². The van der Waals surface area contributed by atoms with Crippen LogP contribution in [0.4, 0.5) is 0 Å². The molecule has 2 heterocycles. The molecule has 98 valence electrons. The molecule has 1 aliphatic rings. The average molecular weight is 276 g/mol. The summed E-state index contributed by atoms with van der Waals surface area (Å²) in [6, 6.07) is 7.59. The van der Waals surface area contributed by atoms with E-state index in [2.05, 4.69) is 15.3 Å². The number of nitrogens with zero attached hydrogens (tertiary/aromatic N) is 1. The minimum absolute atomic E-state index is 0.0106. The monoisotopic (exact) mass is 275 g/mol. The predicted molar refractivity (Wildman–Crippen MR) is 74.5 cm³/mol. The zero-order valence-corrected chi connectivity index (χ0v) is 11.1. The van der Waals surface area contributed by atoms with Gasteiger partial charge in [0.25, 0.3) is 5.56 Å². The van der Waals surface area contributed by atoms with Gasteiger partial charge in [-0.1, -0.05) is 23.7 Å². The van der Waals surface area contributed by atoms with E-state index in [-0.39, 0.29) is 5.56 Å². The number of benzene rings is 1. The van der Waals surface area contributed by atoms with Gasteiger partial charge >= 0.3 is 0 Å². The largest absolute Gasteiger partial charge is 0.311 e. The molecule has 3 rings (SSSR count). The summed E-state index contributed by atoms with van der Waals surface area (Å²) in [7, 11) is 0. The summed E-state index contributed by atoms with van der Waals surface area (Å²) in [6.07, 6.45) is 1.33. The lowest BCUT2D eigenvalue weighted by Crippen LogP contribution is -2.31. The quantitative estimate of drug-likeness (QED) is 0.876. The van der Waals surface area contributed by atoms with Crippen LogP contribution in [-0.4, -0.2) is 16.5 Å². The first-order valence-electron chi connectivity index (χ1n) is 6.28. The van der Waals surface area contributed by atoms with Crippen LogP contribution in [0.25, 0.3) is 0 Å². The molecule has 0 radical (unpaired) electrons. The average Bonchev–Trinajstić information content (AvgIpc) is 2.39. The highest BCUT2D eigenvalue weighted by atomic mass is 35.5. The zero-order chi connectivity index (χ0) is 13.2. The van der Waals surface area contributed by atoms with Crippen LogP contribution in [0.15, 0.2) is 29.1 Å². The number of hydrogen-bond acceptors (Lipinski definition) is 3. The van der Waals surface area contributed by atoms with E-state index in [0.29, 0.717) is 23.8 Å². The van der Waals surface area contributed by atoms with Gasteiger partial charge in [-0.05, 0) is 30.7 Å². The molecule has 2 aromatic rings. The van der Waals surface area contributed by atoms with Gasteiger partial charge in [0.2, 0.25) is 0 Å². The molecule has 0 saturated carbocycles. The first-order chi connectivity index (χ1) is 9.22. The first kappa shape index (κ1) is 12.4. The third-order valence-electron chi connectivity index (χ3n) is 3.25. The Labute approximate surface area is 115 Å². The summed E-state index contributed by atoms with van der Waals surface area (Å²) < 4.78 is 0. The highest BCUT2D eigenvalue weighted by Crippen LogP contribution is 2.14. The van der Waals surface area contributed by atoms with Gasteiger partial charge in [0, 0.05) is 23.6 Å². The highest BCUT2D eigenvalue weighted by Gasteiger charge is 2.15. The summed E-state index contributed by atoms with van der Waals surface area (Å²) in [5.74, 6) is 0.690. The van der Waals surface area contributed by atoms with E-state index in [4.69, 9.17) is 11.6 Å². The van der Waals surface area contributed by atoms with Crippen LogP contribution < -0.4 is 10.9 Å². The summed E-state index contributed by atoms with van der Waals surface area (Å²) in [5, 5.41) is 3.93. The van der Waals surface area contributed by atoms with Crippen LogP contribution in [0.3, 0.4) is 0 Å². The maximum atomic E-state index is 12.0. The van der Waals surface area contributed by atoms with Crippen LogP contribution >= 0.6 is 11.6 Å². The topological polar surface area (TPSA) is 57.8 Å². The van der Waals surface area contributed by atoms with Crippen molar-refractivity contribution in [2.75, 3.05) is 6.54 Å². The molecule has 2 N–H and O–H groups in total. The molecule has 0 saturated heterocycles. The summed E-state index contributed by atoms with van der Waals surface area (Å²) in [4.78, 5) is 19.4. The van der Waals surface area contributed by atoms with Gasteiger partial charge in [-0.3, -0.25) is 4.79 Å². The fourth-order valence-corrected chi connectivity index (χ4v) is 2.56. The van der Waals surface area contributed by atoms with Crippen LogP contribution in [0.2, 0.25) is 5.02 Å². The zero-order valence-electron chi connectivity index (χ0n) is 10.4. The molecule has 1 aromatic heterocycles. The Kier molecular flexibility index (Phi) is 3.36. The fraction of sp³-hybridized carbons (Fsp3) is 0.286. The second-order valence-electron chi connectivity index (χ2n) is 4.67. The number of rotatable bonds is 2. The second-order valence-corrected chi connectivity index (χ2v) is 5.11. The van der Waals surface area contributed by atoms with E-state index in [0.717, 1.165) is 29.8 Å². The van der Waals surface area contributed by atoms with Crippen molar-refractivity contribution in [3.63, 3.8) is 0 Å². The lowest BCUT2D eigenvalue weighted by Gasteiger charge is -2.15. The highest BCUT2D eigenvalue weighted by molar-refractivity contribution is 6.30. The number of aromatic amines is 1. The van der Waals surface area contributed by atoms with Crippen LogP contribution in [-0.2, 0) is 19.4 Å². The number of fused-ring (bicyclic) bond motifs is 1. The molecule has 1 aliphatic heterocycles. The molecule has 4 nitrogen and oxygen atoms in total. The lowest BCUT2D eigenvalue weighted by atomic mass is 10.1. The van der Waals surface area contributed by atoms with E-state index >= 15 is 0 Å². The number of hydrogen-bond donors (Lipinski definition) is 2. The van der Waals surface area contributed by atoms with Crippen molar-refractivity contribution in [2.45, 2.75) is 19.4 Å². The molecule has 0 fully saturated rings. The molecule has 5 heteroatoms. The molecular weight excluding hydrogens is 262 g/mol. The van der Waals surface area contributed by atoms with Crippen molar-refractivity contribution in [3.8, 4) is 0 Å². The molecule has 0 bridgehead atoms. The van der Waals surface area contributed by atoms with Crippen molar-refractivity contribution >= 4 is 11.6 Å². The van der Waals surface area contributed by atoms with Gasteiger partial charge in [0.05, 0.1) is 5.69 Å². The number of aromatic nitrogens is 2. The van der Waals surface area contributed by atoms with Crippen LogP contribution in [0.1, 0.15) is 22.6 Å². The van der Waals surface area contributed by atoms with Gasteiger partial charge in [0.1, 0.15) is 5.82 Å². The minimum atomic E-state index is -0.0106. The summed E-state index contributed by atoms with van der Waals surface area (Å²) in [5.41, 5.74) is 2.71. The normalized spacial score (nSPS) is 14.2. The van der Waals surface area contributed by atoms with Crippen molar-refractivity contribution in [1.82, 2.24) is 15.3 Å². The Bertz CT molecular complexity index is 666. The maximum Gasteiger partial charge on any atom is 0.254 e. The fourth-order valence-electron chi connectivity index (χ4n) is 2.34. The number of halogens is 1. The number of H-pyrrole nitrogens is 1. The smallest absolute Gasteiger partial charge is 0.254 e. The standard InChI is InChI=1S/C14H14ClN3O/c15-10-3-1-2-9(6-10)7-13-17-12-8-16-5-4-11(12)14(19)18-13/h1-3,6,16H,4-5,7-8H2,(H,17,18,19). The van der Waals surface area contributed by atoms with E-state index in [9.17, 15) is 4.79 Å². The summed E-state index contributed by atoms with van der Waals surface area (Å²) >= 11 is 5.96. The predicted octanol–water partition coefficient (Wildman–Crippen LogP) is 1.66. The molecular formula is C14H14ClN3O. The first-order valence-corrected chi connectivity index (χ1v) is 6.66. The van der Waals surface area contributed by atoms with E-state index < -0.39 is 0 Å². The van der Waals surface area contributed by atoms with E-state index in [1.54, 1.807) is 0 Å². The van der Waals surface area contributed by atoms with E-state index in [1.165, 1.54) is 0 Å². The molecule has 0 atom stereocenters. The van der Waals surface area contributed by atoms with Crippen molar-refractivity contribution in [1.29, 1.82) is 0 Å². The van der Waals surface area contributed by atoms with Gasteiger partial charge in [-0.2, -0.15) is 0 Å². The Morgan fingerprint density at radius 3 is 3.11 bits per heavy atom.